The molecule has 0 bridgehead atoms. The predicted molar refractivity (Wildman–Crippen MR) is 37.1 cm³/mol. The van der Waals surface area contributed by atoms with E-state index in [2.05, 4.69) is 4.98 Å². The Balaban J connectivity index is 2.81. The summed E-state index contributed by atoms with van der Waals surface area (Å²) in [4.78, 5) is 3.29. The number of nitrogens with two attached hydrogens (primary N) is 1. The Kier molecular flexibility index (Phi) is 2.48. The highest BCUT2D eigenvalue weighted by Gasteiger charge is 2.06. The molecule has 0 aliphatic heterocycles. The maximum atomic E-state index is 12.7. The number of pyridine rings is 1. The van der Waals surface area contributed by atoms with Crippen LogP contribution in [-0.2, 0) is 0 Å². The van der Waals surface area contributed by atoms with Crippen molar-refractivity contribution in [2.75, 3.05) is 6.54 Å². The predicted octanol–water partition coefficient (Wildman–Crippen LogP) is 1.19. The highest BCUT2D eigenvalue weighted by molar-refractivity contribution is 5.12. The van der Waals surface area contributed by atoms with Crippen LogP contribution in [0.4, 0.5) is 8.78 Å². The van der Waals surface area contributed by atoms with Crippen LogP contribution < -0.4 is 5.73 Å². The zero-order valence-electron chi connectivity index (χ0n) is 5.80. The van der Waals surface area contributed by atoms with Crippen LogP contribution in [0.15, 0.2) is 18.3 Å². The second kappa shape index (κ2) is 3.39. The molecule has 60 valence electrons. The van der Waals surface area contributed by atoms with Gasteiger partial charge >= 0.3 is 0 Å². The average molecular weight is 158 g/mol. The van der Waals surface area contributed by atoms with Crippen molar-refractivity contribution < 1.29 is 8.78 Å². The highest BCUT2D eigenvalue weighted by Crippen LogP contribution is 2.13. The third kappa shape index (κ3) is 1.94. The molecule has 1 rings (SSSR count). The standard InChI is InChI=1S/C7H8F2N2/c8-6(3-10)5-1-2-7(9)11-4-5/h1-2,4,6H,3,10H2. The van der Waals surface area contributed by atoms with E-state index in [1.54, 1.807) is 0 Å². The van der Waals surface area contributed by atoms with E-state index in [9.17, 15) is 8.78 Å². The van der Waals surface area contributed by atoms with Gasteiger partial charge in [-0.15, -0.1) is 0 Å². The van der Waals surface area contributed by atoms with Gasteiger partial charge in [0, 0.05) is 18.3 Å². The summed E-state index contributed by atoms with van der Waals surface area (Å²) in [5.74, 6) is -0.613. The smallest absolute Gasteiger partial charge is 0.212 e. The van der Waals surface area contributed by atoms with E-state index in [0.717, 1.165) is 12.3 Å². The van der Waals surface area contributed by atoms with Crippen LogP contribution in [0, 0.1) is 5.95 Å². The monoisotopic (exact) mass is 158 g/mol. The van der Waals surface area contributed by atoms with Crippen LogP contribution in [0.25, 0.3) is 0 Å². The van der Waals surface area contributed by atoms with Crippen LogP contribution in [0.3, 0.4) is 0 Å². The van der Waals surface area contributed by atoms with Crippen molar-refractivity contribution in [1.29, 1.82) is 0 Å². The Bertz CT molecular complexity index is 222. The number of aromatic nitrogens is 1. The average Bonchev–Trinajstić information content (AvgIpc) is 2.05. The van der Waals surface area contributed by atoms with Crippen molar-refractivity contribution in [3.05, 3.63) is 29.8 Å². The van der Waals surface area contributed by atoms with E-state index in [4.69, 9.17) is 5.73 Å². The minimum atomic E-state index is -1.25. The lowest BCUT2D eigenvalue weighted by Crippen LogP contribution is -2.07. The van der Waals surface area contributed by atoms with E-state index in [0.29, 0.717) is 5.56 Å². The van der Waals surface area contributed by atoms with E-state index < -0.39 is 12.1 Å². The largest absolute Gasteiger partial charge is 0.327 e. The summed E-state index contributed by atoms with van der Waals surface area (Å²) in [5, 5.41) is 0. The van der Waals surface area contributed by atoms with Gasteiger partial charge < -0.3 is 5.73 Å². The lowest BCUT2D eigenvalue weighted by atomic mass is 10.2. The Morgan fingerprint density at radius 3 is 2.73 bits per heavy atom. The van der Waals surface area contributed by atoms with Crippen LogP contribution in [0.2, 0.25) is 0 Å². The Morgan fingerprint density at radius 2 is 2.27 bits per heavy atom. The molecule has 11 heavy (non-hydrogen) atoms. The number of hydrogen-bond donors (Lipinski definition) is 1. The van der Waals surface area contributed by atoms with Gasteiger partial charge in [-0.1, -0.05) is 0 Å². The lowest BCUT2D eigenvalue weighted by molar-refractivity contribution is 0.351. The third-order valence-electron chi connectivity index (χ3n) is 1.32. The maximum absolute atomic E-state index is 12.7. The van der Waals surface area contributed by atoms with Crippen molar-refractivity contribution in [3.8, 4) is 0 Å². The molecule has 1 atom stereocenters. The SMILES string of the molecule is NCC(F)c1ccc(F)nc1. The van der Waals surface area contributed by atoms with E-state index in [1.807, 2.05) is 0 Å². The topological polar surface area (TPSA) is 38.9 Å². The van der Waals surface area contributed by atoms with E-state index in [1.165, 1.54) is 6.07 Å². The molecule has 2 nitrogen and oxygen atoms in total. The molecule has 1 unspecified atom stereocenters. The molecule has 0 radical (unpaired) electrons. The molecular formula is C7H8F2N2. The Hall–Kier alpha value is -1.03. The number of hydrogen-bond acceptors (Lipinski definition) is 2. The molecule has 2 N–H and O–H groups in total. The molecule has 1 aromatic heterocycles. The fourth-order valence-corrected chi connectivity index (χ4v) is 0.709. The summed E-state index contributed by atoms with van der Waals surface area (Å²) in [6.45, 7) is -0.104. The first-order chi connectivity index (χ1) is 5.24. The van der Waals surface area contributed by atoms with Crippen molar-refractivity contribution in [1.82, 2.24) is 4.98 Å². The molecule has 0 saturated heterocycles. The molecule has 0 amide bonds. The molecule has 0 fully saturated rings. The summed E-state index contributed by atoms with van der Waals surface area (Å²) < 4.78 is 24.9. The van der Waals surface area contributed by atoms with Crippen LogP contribution in [-0.4, -0.2) is 11.5 Å². The van der Waals surface area contributed by atoms with Gasteiger partial charge in [-0.25, -0.2) is 9.37 Å². The fourth-order valence-electron chi connectivity index (χ4n) is 0.709. The third-order valence-corrected chi connectivity index (χ3v) is 1.32. The summed E-state index contributed by atoms with van der Waals surface area (Å²) >= 11 is 0. The normalized spacial score (nSPS) is 13.0. The lowest BCUT2D eigenvalue weighted by Gasteiger charge is -2.02. The number of rotatable bonds is 2. The van der Waals surface area contributed by atoms with Gasteiger partial charge in [-0.05, 0) is 12.1 Å². The van der Waals surface area contributed by atoms with Gasteiger partial charge in [0.05, 0.1) is 0 Å². The Labute approximate surface area is 63.1 Å². The van der Waals surface area contributed by atoms with Gasteiger partial charge in [0.15, 0.2) is 0 Å². The molecular weight excluding hydrogens is 150 g/mol. The van der Waals surface area contributed by atoms with Crippen LogP contribution >= 0.6 is 0 Å². The van der Waals surface area contributed by atoms with E-state index in [-0.39, 0.29) is 6.54 Å². The van der Waals surface area contributed by atoms with Gasteiger partial charge in [0.25, 0.3) is 0 Å². The minimum absolute atomic E-state index is 0.104. The molecule has 0 aromatic carbocycles. The molecule has 0 aliphatic carbocycles. The van der Waals surface area contributed by atoms with Crippen LogP contribution in [0.5, 0.6) is 0 Å². The van der Waals surface area contributed by atoms with Crippen molar-refractivity contribution >= 4 is 0 Å². The minimum Gasteiger partial charge on any atom is -0.327 e. The quantitative estimate of drug-likeness (QED) is 0.656. The molecule has 0 aliphatic rings. The summed E-state index contributed by atoms with van der Waals surface area (Å²) in [6.07, 6.45) is -0.101. The number of nitrogens with zero attached hydrogens (tertiary/aromatic N) is 1. The Morgan fingerprint density at radius 1 is 1.55 bits per heavy atom. The summed E-state index contributed by atoms with van der Waals surface area (Å²) in [6, 6.07) is 2.44. The summed E-state index contributed by atoms with van der Waals surface area (Å²) in [5.41, 5.74) is 5.36. The summed E-state index contributed by atoms with van der Waals surface area (Å²) in [7, 11) is 0. The second-order valence-corrected chi connectivity index (χ2v) is 2.12. The zero-order chi connectivity index (χ0) is 8.27. The van der Waals surface area contributed by atoms with Gasteiger partial charge in [0.1, 0.15) is 6.17 Å². The van der Waals surface area contributed by atoms with Gasteiger partial charge in [-0.2, -0.15) is 4.39 Å². The zero-order valence-corrected chi connectivity index (χ0v) is 5.80. The highest BCUT2D eigenvalue weighted by atomic mass is 19.1. The van der Waals surface area contributed by atoms with Crippen molar-refractivity contribution in [3.63, 3.8) is 0 Å². The fraction of sp³-hybridized carbons (Fsp3) is 0.286. The first kappa shape index (κ1) is 8.07. The number of alkyl halides is 1. The van der Waals surface area contributed by atoms with Gasteiger partial charge in [0.2, 0.25) is 5.95 Å². The van der Waals surface area contributed by atoms with Crippen molar-refractivity contribution in [2.24, 2.45) is 5.73 Å². The molecule has 4 heteroatoms. The maximum Gasteiger partial charge on any atom is 0.212 e. The second-order valence-electron chi connectivity index (χ2n) is 2.12. The number of halogens is 2. The molecule has 1 aromatic rings. The van der Waals surface area contributed by atoms with E-state index >= 15 is 0 Å². The molecule has 0 spiro atoms. The first-order valence-electron chi connectivity index (χ1n) is 3.19. The first-order valence-corrected chi connectivity index (χ1v) is 3.19. The van der Waals surface area contributed by atoms with Crippen molar-refractivity contribution in [2.45, 2.75) is 6.17 Å². The molecule has 1 heterocycles. The molecule has 0 saturated carbocycles. The van der Waals surface area contributed by atoms with Crippen LogP contribution in [0.1, 0.15) is 11.7 Å². The van der Waals surface area contributed by atoms with Gasteiger partial charge in [-0.3, -0.25) is 0 Å².